The molecule has 3 nitrogen and oxygen atoms in total. The molecule has 0 radical (unpaired) electrons. The van der Waals surface area contributed by atoms with Crippen LogP contribution >= 0.6 is 0 Å². The Morgan fingerprint density at radius 2 is 1.26 bits per heavy atom. The van der Waals surface area contributed by atoms with Crippen molar-refractivity contribution in [2.75, 3.05) is 11.4 Å². The number of carbonyl (C=O) groups is 1. The van der Waals surface area contributed by atoms with E-state index < -0.39 is 5.41 Å². The molecule has 0 amide bonds. The molecule has 0 saturated heterocycles. The highest BCUT2D eigenvalue weighted by Crippen LogP contribution is 2.47. The number of para-hydroxylation sites is 3. The van der Waals surface area contributed by atoms with Gasteiger partial charge in [-0.05, 0) is 42.3 Å². The van der Waals surface area contributed by atoms with Gasteiger partial charge in [0.05, 0.1) is 0 Å². The van der Waals surface area contributed by atoms with Gasteiger partial charge in [0.1, 0.15) is 11.2 Å². The topological polar surface area (TPSA) is 29.5 Å². The first-order valence-corrected chi connectivity index (χ1v) is 10.5. The van der Waals surface area contributed by atoms with Gasteiger partial charge in [0.2, 0.25) is 0 Å². The SMILES string of the molecule is Cc1cccc2c1OC(=O)C2(CN(c1ccccc1)c1ccccc1)c1ccccc1. The van der Waals surface area contributed by atoms with E-state index in [9.17, 15) is 4.79 Å². The molecular formula is C28H23NO2. The van der Waals surface area contributed by atoms with Crippen molar-refractivity contribution in [2.45, 2.75) is 12.3 Å². The molecular weight excluding hydrogens is 382 g/mol. The molecule has 1 heterocycles. The highest BCUT2D eigenvalue weighted by Gasteiger charge is 2.52. The Hall–Kier alpha value is -3.85. The Kier molecular flexibility index (Phi) is 4.79. The van der Waals surface area contributed by atoms with Gasteiger partial charge in [-0.25, -0.2) is 0 Å². The Balaban J connectivity index is 1.74. The van der Waals surface area contributed by atoms with Crippen LogP contribution in [-0.4, -0.2) is 12.5 Å². The van der Waals surface area contributed by atoms with E-state index in [1.165, 1.54) is 0 Å². The number of anilines is 2. The smallest absolute Gasteiger partial charge is 0.328 e. The molecule has 0 N–H and O–H groups in total. The molecule has 4 aromatic carbocycles. The van der Waals surface area contributed by atoms with Crippen LogP contribution in [0.5, 0.6) is 5.75 Å². The first kappa shape index (κ1) is 19.1. The van der Waals surface area contributed by atoms with E-state index in [1.54, 1.807) is 0 Å². The van der Waals surface area contributed by atoms with Crippen LogP contribution in [0.15, 0.2) is 109 Å². The zero-order chi connectivity index (χ0) is 21.3. The van der Waals surface area contributed by atoms with Crippen molar-refractivity contribution in [3.8, 4) is 5.75 Å². The molecule has 0 aliphatic carbocycles. The van der Waals surface area contributed by atoms with Crippen molar-refractivity contribution >= 4 is 17.3 Å². The largest absolute Gasteiger partial charge is 0.425 e. The van der Waals surface area contributed by atoms with Gasteiger partial charge in [-0.2, -0.15) is 0 Å². The number of hydrogen-bond donors (Lipinski definition) is 0. The molecule has 0 fully saturated rings. The first-order chi connectivity index (χ1) is 15.2. The van der Waals surface area contributed by atoms with E-state index >= 15 is 0 Å². The Labute approximate surface area is 182 Å². The fraction of sp³-hybridized carbons (Fsp3) is 0.107. The third kappa shape index (κ3) is 3.19. The lowest BCUT2D eigenvalue weighted by Gasteiger charge is -2.35. The van der Waals surface area contributed by atoms with Crippen molar-refractivity contribution < 1.29 is 9.53 Å². The maximum absolute atomic E-state index is 13.7. The third-order valence-corrected chi connectivity index (χ3v) is 6.01. The second-order valence-corrected chi connectivity index (χ2v) is 7.87. The minimum atomic E-state index is -0.936. The molecule has 1 unspecified atom stereocenters. The maximum atomic E-state index is 13.7. The lowest BCUT2D eigenvalue weighted by molar-refractivity contribution is -0.136. The van der Waals surface area contributed by atoms with Gasteiger partial charge in [0.15, 0.2) is 0 Å². The molecule has 1 aliphatic heterocycles. The van der Waals surface area contributed by atoms with Gasteiger partial charge in [-0.15, -0.1) is 0 Å². The van der Waals surface area contributed by atoms with E-state index in [4.69, 9.17) is 4.74 Å². The lowest BCUT2D eigenvalue weighted by Crippen LogP contribution is -2.45. The fourth-order valence-electron chi connectivity index (χ4n) is 4.44. The van der Waals surface area contributed by atoms with E-state index in [1.807, 2.05) is 91.9 Å². The molecule has 1 aliphatic rings. The predicted molar refractivity (Wildman–Crippen MR) is 124 cm³/mol. The first-order valence-electron chi connectivity index (χ1n) is 10.5. The molecule has 3 heteroatoms. The molecule has 0 spiro atoms. The van der Waals surface area contributed by atoms with Crippen molar-refractivity contribution in [2.24, 2.45) is 0 Å². The van der Waals surface area contributed by atoms with Crippen LogP contribution in [0.4, 0.5) is 11.4 Å². The van der Waals surface area contributed by atoms with Crippen molar-refractivity contribution in [1.82, 2.24) is 0 Å². The Morgan fingerprint density at radius 3 is 1.84 bits per heavy atom. The summed E-state index contributed by atoms with van der Waals surface area (Å²) in [6.07, 6.45) is 0. The van der Waals surface area contributed by atoms with Crippen LogP contribution in [0, 0.1) is 6.92 Å². The summed E-state index contributed by atoms with van der Waals surface area (Å²) in [6.45, 7) is 2.42. The van der Waals surface area contributed by atoms with Crippen molar-refractivity contribution in [1.29, 1.82) is 0 Å². The molecule has 0 saturated carbocycles. The number of nitrogens with zero attached hydrogens (tertiary/aromatic N) is 1. The van der Waals surface area contributed by atoms with Crippen LogP contribution < -0.4 is 9.64 Å². The summed E-state index contributed by atoms with van der Waals surface area (Å²) in [4.78, 5) is 15.9. The normalized spacial score (nSPS) is 17.1. The maximum Gasteiger partial charge on any atom is 0.328 e. The van der Waals surface area contributed by atoms with Crippen LogP contribution in [0.3, 0.4) is 0 Å². The molecule has 5 rings (SSSR count). The van der Waals surface area contributed by atoms with Crippen LogP contribution in [-0.2, 0) is 10.2 Å². The standard InChI is InChI=1S/C28H23NO2/c1-21-12-11-19-25-26(21)31-27(30)28(25,22-13-5-2-6-14-22)20-29(23-15-7-3-8-16-23)24-17-9-4-10-18-24/h2-19H,20H2,1H3. The van der Waals surface area contributed by atoms with Gasteiger partial charge in [-0.3, -0.25) is 4.79 Å². The van der Waals surface area contributed by atoms with E-state index in [0.29, 0.717) is 12.3 Å². The molecule has 152 valence electrons. The minimum absolute atomic E-state index is 0.236. The monoisotopic (exact) mass is 405 g/mol. The molecule has 31 heavy (non-hydrogen) atoms. The van der Waals surface area contributed by atoms with Gasteiger partial charge in [0.25, 0.3) is 0 Å². The fourth-order valence-corrected chi connectivity index (χ4v) is 4.44. The van der Waals surface area contributed by atoms with Crippen LogP contribution in [0.2, 0.25) is 0 Å². The summed E-state index contributed by atoms with van der Waals surface area (Å²) in [6, 6.07) is 36.4. The van der Waals surface area contributed by atoms with Crippen molar-refractivity contribution in [3.05, 3.63) is 126 Å². The quantitative estimate of drug-likeness (QED) is 0.299. The average molecular weight is 405 g/mol. The summed E-state index contributed by atoms with van der Waals surface area (Å²) in [5.41, 5.74) is 3.93. The lowest BCUT2D eigenvalue weighted by atomic mass is 9.74. The number of esters is 1. The highest BCUT2D eigenvalue weighted by molar-refractivity contribution is 5.96. The van der Waals surface area contributed by atoms with Crippen LogP contribution in [0.25, 0.3) is 0 Å². The summed E-state index contributed by atoms with van der Waals surface area (Å²) in [5.74, 6) is 0.442. The average Bonchev–Trinajstić information content (AvgIpc) is 3.12. The summed E-state index contributed by atoms with van der Waals surface area (Å²) >= 11 is 0. The van der Waals surface area contributed by atoms with Crippen molar-refractivity contribution in [3.63, 3.8) is 0 Å². The number of benzene rings is 4. The van der Waals surface area contributed by atoms with E-state index in [0.717, 1.165) is 28.1 Å². The minimum Gasteiger partial charge on any atom is -0.425 e. The zero-order valence-corrected chi connectivity index (χ0v) is 17.4. The number of aryl methyl sites for hydroxylation is 1. The van der Waals surface area contributed by atoms with Gasteiger partial charge >= 0.3 is 5.97 Å². The second kappa shape index (κ2) is 7.77. The molecule has 0 bridgehead atoms. The second-order valence-electron chi connectivity index (χ2n) is 7.87. The van der Waals surface area contributed by atoms with Crippen LogP contribution in [0.1, 0.15) is 16.7 Å². The number of fused-ring (bicyclic) bond motifs is 1. The molecule has 4 aromatic rings. The molecule has 0 aromatic heterocycles. The third-order valence-electron chi connectivity index (χ3n) is 6.01. The summed E-state index contributed by atoms with van der Waals surface area (Å²) in [5, 5.41) is 0. The van der Waals surface area contributed by atoms with Gasteiger partial charge in [0, 0.05) is 23.5 Å². The van der Waals surface area contributed by atoms with E-state index in [2.05, 4.69) is 29.2 Å². The van der Waals surface area contributed by atoms with E-state index in [-0.39, 0.29) is 5.97 Å². The summed E-state index contributed by atoms with van der Waals surface area (Å²) < 4.78 is 5.92. The van der Waals surface area contributed by atoms with Gasteiger partial charge < -0.3 is 9.64 Å². The van der Waals surface area contributed by atoms with Gasteiger partial charge in [-0.1, -0.05) is 84.9 Å². The zero-order valence-electron chi connectivity index (χ0n) is 17.4. The Morgan fingerprint density at radius 1 is 0.710 bits per heavy atom. The number of carbonyl (C=O) groups excluding carboxylic acids is 1. The summed E-state index contributed by atoms with van der Waals surface area (Å²) in [7, 11) is 0. The number of hydrogen-bond acceptors (Lipinski definition) is 3. The Bertz CT molecular complexity index is 1170. The molecule has 1 atom stereocenters. The number of rotatable bonds is 5. The predicted octanol–water partition coefficient (Wildman–Crippen LogP) is 6.04. The number of ether oxygens (including phenoxy) is 1. The highest BCUT2D eigenvalue weighted by atomic mass is 16.5.